The molecule has 4 nitrogen and oxygen atoms in total. The molecule has 0 radical (unpaired) electrons. The van der Waals surface area contributed by atoms with Crippen LogP contribution in [0.4, 0.5) is 0 Å². The number of allylic oxidation sites excluding steroid dienone is 3. The monoisotopic (exact) mass is 263 g/mol. The zero-order valence-corrected chi connectivity index (χ0v) is 12.2. The molecular weight excluding hydrogens is 238 g/mol. The second-order valence-electron chi connectivity index (χ2n) is 3.87. The van der Waals surface area contributed by atoms with Gasteiger partial charge in [-0.3, -0.25) is 9.79 Å². The smallest absolute Gasteiger partial charge is 0.194 e. The first kappa shape index (κ1) is 17.2. The number of rotatable bonds is 8. The van der Waals surface area contributed by atoms with Gasteiger partial charge in [-0.15, -0.1) is 0 Å². The molecule has 0 aliphatic heterocycles. The van der Waals surface area contributed by atoms with Crippen LogP contribution in [0.25, 0.3) is 0 Å². The Balaban J connectivity index is 4.46. The summed E-state index contributed by atoms with van der Waals surface area (Å²) in [6.07, 6.45) is 9.43. The van der Waals surface area contributed by atoms with Gasteiger partial charge in [-0.2, -0.15) is 0 Å². The molecule has 0 heterocycles. The third-order valence-electron chi connectivity index (χ3n) is 2.59. The van der Waals surface area contributed by atoms with Crippen LogP contribution in [0, 0.1) is 0 Å². The number of nitrogens with one attached hydrogen (secondary N) is 1. The Bertz CT molecular complexity index is 346. The van der Waals surface area contributed by atoms with Crippen LogP contribution in [-0.2, 0) is 4.79 Å². The fourth-order valence-electron chi connectivity index (χ4n) is 1.51. The lowest BCUT2D eigenvalue weighted by molar-refractivity contribution is -0.104. The molecule has 0 aliphatic rings. The summed E-state index contributed by atoms with van der Waals surface area (Å²) < 4.78 is 0. The van der Waals surface area contributed by atoms with Crippen molar-refractivity contribution in [1.29, 1.82) is 0 Å². The molecule has 4 heteroatoms. The van der Waals surface area contributed by atoms with E-state index in [0.717, 1.165) is 31.8 Å². The van der Waals surface area contributed by atoms with E-state index in [-0.39, 0.29) is 0 Å². The Kier molecular flexibility index (Phi) is 10.2. The Morgan fingerprint density at radius 3 is 2.58 bits per heavy atom. The van der Waals surface area contributed by atoms with Crippen LogP contribution in [0.3, 0.4) is 0 Å². The predicted octanol–water partition coefficient (Wildman–Crippen LogP) is 2.16. The highest BCUT2D eigenvalue weighted by molar-refractivity contribution is 5.81. The maximum Gasteiger partial charge on any atom is 0.194 e. The van der Waals surface area contributed by atoms with Crippen molar-refractivity contribution >= 4 is 12.2 Å². The van der Waals surface area contributed by atoms with Crippen molar-refractivity contribution in [1.82, 2.24) is 10.2 Å². The second-order valence-corrected chi connectivity index (χ2v) is 3.87. The van der Waals surface area contributed by atoms with Crippen LogP contribution in [-0.4, -0.2) is 43.8 Å². The quantitative estimate of drug-likeness (QED) is 0.182. The van der Waals surface area contributed by atoms with E-state index in [1.54, 1.807) is 19.2 Å². The number of carbonyl (C=O) groups excluding carboxylic acids is 1. The molecule has 1 N–H and O–H groups in total. The minimum Gasteiger partial charge on any atom is -0.353 e. The van der Waals surface area contributed by atoms with Gasteiger partial charge in [0.2, 0.25) is 0 Å². The lowest BCUT2D eigenvalue weighted by Gasteiger charge is -2.23. The van der Waals surface area contributed by atoms with E-state index >= 15 is 0 Å². The van der Waals surface area contributed by atoms with Gasteiger partial charge in [0.05, 0.1) is 0 Å². The summed E-state index contributed by atoms with van der Waals surface area (Å²) in [6.45, 7) is 10.0. The van der Waals surface area contributed by atoms with Gasteiger partial charge in [-0.25, -0.2) is 0 Å². The van der Waals surface area contributed by atoms with Gasteiger partial charge in [0.15, 0.2) is 5.96 Å². The lowest BCUT2D eigenvalue weighted by Crippen LogP contribution is -2.41. The SMILES string of the molecule is C=C/C(C=O)=C\CNC(=NC)N(CC)C/C=C/CC. The Hall–Kier alpha value is -1.84. The number of hydrogen-bond donors (Lipinski definition) is 1. The summed E-state index contributed by atoms with van der Waals surface area (Å²) in [6, 6.07) is 0. The van der Waals surface area contributed by atoms with Gasteiger partial charge in [-0.05, 0) is 13.3 Å². The van der Waals surface area contributed by atoms with Crippen LogP contribution in [0.1, 0.15) is 20.3 Å². The van der Waals surface area contributed by atoms with Crippen molar-refractivity contribution in [3.05, 3.63) is 36.5 Å². The first-order valence-electron chi connectivity index (χ1n) is 6.61. The van der Waals surface area contributed by atoms with Crippen molar-refractivity contribution in [2.75, 3.05) is 26.7 Å². The predicted molar refractivity (Wildman–Crippen MR) is 82.4 cm³/mol. The second kappa shape index (κ2) is 11.3. The molecule has 0 aliphatic carbocycles. The largest absolute Gasteiger partial charge is 0.353 e. The fraction of sp³-hybridized carbons (Fsp3) is 0.467. The molecule has 0 fully saturated rings. The third-order valence-corrected chi connectivity index (χ3v) is 2.59. The fourth-order valence-corrected chi connectivity index (χ4v) is 1.51. The molecule has 0 bridgehead atoms. The molecule has 0 unspecified atom stereocenters. The van der Waals surface area contributed by atoms with Crippen LogP contribution >= 0.6 is 0 Å². The van der Waals surface area contributed by atoms with Gasteiger partial charge in [0.25, 0.3) is 0 Å². The summed E-state index contributed by atoms with van der Waals surface area (Å²) in [5.74, 6) is 0.828. The molecule has 19 heavy (non-hydrogen) atoms. The number of guanidine groups is 1. The van der Waals surface area contributed by atoms with Crippen molar-refractivity contribution < 1.29 is 4.79 Å². The molecule has 0 aromatic carbocycles. The zero-order chi connectivity index (χ0) is 14.5. The number of aldehydes is 1. The number of hydrogen-bond acceptors (Lipinski definition) is 2. The molecule has 0 aromatic heterocycles. The topological polar surface area (TPSA) is 44.7 Å². The number of nitrogens with zero attached hydrogens (tertiary/aromatic N) is 2. The van der Waals surface area contributed by atoms with E-state index in [4.69, 9.17) is 0 Å². The average Bonchev–Trinajstić information content (AvgIpc) is 2.45. The van der Waals surface area contributed by atoms with Crippen molar-refractivity contribution in [3.8, 4) is 0 Å². The maximum absolute atomic E-state index is 10.6. The van der Waals surface area contributed by atoms with Gasteiger partial charge in [-0.1, -0.05) is 37.8 Å². The molecule has 0 rings (SSSR count). The van der Waals surface area contributed by atoms with E-state index in [0.29, 0.717) is 12.1 Å². The summed E-state index contributed by atoms with van der Waals surface area (Å²) in [4.78, 5) is 17.0. The summed E-state index contributed by atoms with van der Waals surface area (Å²) >= 11 is 0. The van der Waals surface area contributed by atoms with Crippen molar-refractivity contribution in [3.63, 3.8) is 0 Å². The third kappa shape index (κ3) is 7.24. The normalized spacial score (nSPS) is 12.6. The van der Waals surface area contributed by atoms with E-state index in [1.165, 1.54) is 0 Å². The highest BCUT2D eigenvalue weighted by Crippen LogP contribution is 1.93. The van der Waals surface area contributed by atoms with Gasteiger partial charge in [0.1, 0.15) is 6.29 Å². The Morgan fingerprint density at radius 2 is 2.11 bits per heavy atom. The molecule has 0 atom stereocenters. The molecule has 0 amide bonds. The van der Waals surface area contributed by atoms with Crippen LogP contribution < -0.4 is 5.32 Å². The number of aliphatic imine (C=N–C) groups is 1. The van der Waals surface area contributed by atoms with E-state index in [1.807, 2.05) is 0 Å². The molecule has 0 saturated heterocycles. The molecule has 0 spiro atoms. The minimum absolute atomic E-state index is 0.556. The molecule has 106 valence electrons. The van der Waals surface area contributed by atoms with Gasteiger partial charge in [0, 0.05) is 32.3 Å². The maximum atomic E-state index is 10.6. The van der Waals surface area contributed by atoms with E-state index in [9.17, 15) is 4.79 Å². The highest BCUT2D eigenvalue weighted by atomic mass is 16.1. The van der Waals surface area contributed by atoms with Crippen LogP contribution in [0.2, 0.25) is 0 Å². The van der Waals surface area contributed by atoms with E-state index < -0.39 is 0 Å². The molecule has 0 saturated carbocycles. The standard InChI is InChI=1S/C15H25N3O/c1-5-8-9-12-18(7-3)15(16-4)17-11-10-14(6-2)13-19/h6,8-10,13H,2,5,7,11-12H2,1,3-4H3,(H,16,17)/b9-8+,14-10+. The summed E-state index contributed by atoms with van der Waals surface area (Å²) in [7, 11) is 1.76. The average molecular weight is 263 g/mol. The van der Waals surface area contributed by atoms with E-state index in [2.05, 4.69) is 47.8 Å². The number of carbonyl (C=O) groups is 1. The van der Waals surface area contributed by atoms with Gasteiger partial charge < -0.3 is 10.2 Å². The number of likely N-dealkylation sites (N-methyl/N-ethyl adjacent to an activating group) is 1. The first-order chi connectivity index (χ1) is 9.23. The first-order valence-corrected chi connectivity index (χ1v) is 6.61. The van der Waals surface area contributed by atoms with Crippen molar-refractivity contribution in [2.45, 2.75) is 20.3 Å². The lowest BCUT2D eigenvalue weighted by atomic mass is 10.3. The summed E-state index contributed by atoms with van der Waals surface area (Å²) in [5.41, 5.74) is 0.580. The van der Waals surface area contributed by atoms with Gasteiger partial charge >= 0.3 is 0 Å². The highest BCUT2D eigenvalue weighted by Gasteiger charge is 2.05. The Labute approximate surface area is 116 Å². The van der Waals surface area contributed by atoms with Crippen LogP contribution in [0.5, 0.6) is 0 Å². The zero-order valence-electron chi connectivity index (χ0n) is 12.2. The molecule has 0 aromatic rings. The minimum atomic E-state index is 0.556. The van der Waals surface area contributed by atoms with Crippen LogP contribution in [0.15, 0.2) is 41.4 Å². The van der Waals surface area contributed by atoms with Crippen molar-refractivity contribution in [2.24, 2.45) is 4.99 Å². The summed E-state index contributed by atoms with van der Waals surface area (Å²) in [5, 5.41) is 3.21. The molecular formula is C15H25N3O. The Morgan fingerprint density at radius 1 is 1.37 bits per heavy atom.